The number of hydrogen-bond acceptors (Lipinski definition) is 7. The molecule has 1 unspecified atom stereocenters. The van der Waals surface area contributed by atoms with Crippen molar-refractivity contribution in [2.75, 3.05) is 0 Å². The van der Waals surface area contributed by atoms with Crippen LogP contribution in [0.25, 0.3) is 0 Å². The van der Waals surface area contributed by atoms with Gasteiger partial charge in [-0.05, 0) is 65.8 Å². The van der Waals surface area contributed by atoms with E-state index in [1.165, 1.54) is 12.1 Å². The van der Waals surface area contributed by atoms with Crippen LogP contribution in [0.5, 0.6) is 11.5 Å². The van der Waals surface area contributed by atoms with Gasteiger partial charge >= 0.3 is 5.97 Å². The Morgan fingerprint density at radius 3 is 2.04 bits per heavy atom. The van der Waals surface area contributed by atoms with Gasteiger partial charge in [0.1, 0.15) is 17.5 Å². The summed E-state index contributed by atoms with van der Waals surface area (Å²) in [5.74, 6) is -2.01. The van der Waals surface area contributed by atoms with Crippen LogP contribution >= 0.6 is 0 Å². The van der Waals surface area contributed by atoms with Gasteiger partial charge < -0.3 is 36.0 Å². The lowest BCUT2D eigenvalue weighted by Crippen LogP contribution is -2.52. The highest BCUT2D eigenvalue weighted by molar-refractivity contribution is 5.89. The lowest BCUT2D eigenvalue weighted by atomic mass is 9.96. The van der Waals surface area contributed by atoms with E-state index in [1.807, 2.05) is 32.0 Å². The predicted octanol–water partition coefficient (Wildman–Crippen LogP) is 3.95. The monoisotopic (exact) mass is 633 g/mol. The zero-order valence-corrected chi connectivity index (χ0v) is 26.5. The van der Waals surface area contributed by atoms with Crippen molar-refractivity contribution in [2.24, 2.45) is 11.8 Å². The summed E-state index contributed by atoms with van der Waals surface area (Å²) in [6.45, 7) is 7.48. The molecule has 3 aromatic rings. The second kappa shape index (κ2) is 17.1. The minimum atomic E-state index is -1.55. The first-order valence-electron chi connectivity index (χ1n) is 15.2. The van der Waals surface area contributed by atoms with Crippen molar-refractivity contribution in [1.82, 2.24) is 16.0 Å². The molecule has 3 aromatic carbocycles. The topological polar surface area (TPSA) is 174 Å². The Hall–Kier alpha value is -4.74. The first kappa shape index (κ1) is 35.7. The van der Waals surface area contributed by atoms with E-state index >= 15 is 0 Å². The van der Waals surface area contributed by atoms with Gasteiger partial charge in [0, 0.05) is 6.54 Å². The van der Waals surface area contributed by atoms with Crippen molar-refractivity contribution in [2.45, 2.75) is 71.4 Å². The van der Waals surface area contributed by atoms with E-state index in [9.17, 15) is 29.4 Å². The summed E-state index contributed by atoms with van der Waals surface area (Å²) in [5, 5.41) is 39.0. The maximum absolute atomic E-state index is 13.1. The Morgan fingerprint density at radius 2 is 1.43 bits per heavy atom. The fourth-order valence-corrected chi connectivity index (χ4v) is 4.77. The maximum Gasteiger partial charge on any atom is 0.335 e. The minimum absolute atomic E-state index is 0.0431. The number of carbonyl (C=O) groups is 4. The van der Waals surface area contributed by atoms with E-state index < -0.39 is 48.0 Å². The van der Waals surface area contributed by atoms with Gasteiger partial charge in [-0.1, -0.05) is 70.2 Å². The van der Waals surface area contributed by atoms with E-state index in [4.69, 9.17) is 9.84 Å². The molecule has 0 aliphatic heterocycles. The number of benzene rings is 3. The van der Waals surface area contributed by atoms with Crippen molar-refractivity contribution in [3.8, 4) is 11.5 Å². The Bertz CT molecular complexity index is 1460. The molecule has 0 saturated heterocycles. The summed E-state index contributed by atoms with van der Waals surface area (Å²) in [6.07, 6.45) is -2.90. The third kappa shape index (κ3) is 11.0. The molecule has 3 rings (SSSR count). The van der Waals surface area contributed by atoms with Crippen LogP contribution in [-0.2, 0) is 20.9 Å². The largest absolute Gasteiger partial charge is 0.478 e. The van der Waals surface area contributed by atoms with E-state index in [2.05, 4.69) is 16.0 Å². The fraction of sp³-hybridized carbons (Fsp3) is 0.371. The lowest BCUT2D eigenvalue weighted by Gasteiger charge is -2.28. The number of carbonyl (C=O) groups excluding carboxylic acids is 3. The summed E-state index contributed by atoms with van der Waals surface area (Å²) in [7, 11) is 0. The average molecular weight is 634 g/mol. The van der Waals surface area contributed by atoms with E-state index in [1.54, 1.807) is 62.4 Å². The van der Waals surface area contributed by atoms with Crippen molar-refractivity contribution < 1.29 is 39.2 Å². The molecule has 0 spiro atoms. The third-order valence-corrected chi connectivity index (χ3v) is 7.25. The Kier molecular flexibility index (Phi) is 13.3. The Morgan fingerprint density at radius 1 is 0.783 bits per heavy atom. The van der Waals surface area contributed by atoms with Gasteiger partial charge in [-0.15, -0.1) is 0 Å². The highest BCUT2D eigenvalue weighted by Crippen LogP contribution is 2.25. The highest BCUT2D eigenvalue weighted by atomic mass is 16.5. The Labute approximate surface area is 269 Å². The SMILES string of the molecule is CC(C)C[C@H](NC(=O)C(O)c1cccc(Oc2ccccc2)c1)[C@H](O)CC(=O)N[C@H](C(=O)NCc1ccc(C(=O)O)cc1)C(C)C. The maximum atomic E-state index is 13.1. The molecule has 6 N–H and O–H groups in total. The molecule has 46 heavy (non-hydrogen) atoms. The number of carboxylic acids is 1. The van der Waals surface area contributed by atoms with E-state index in [-0.39, 0.29) is 30.4 Å². The summed E-state index contributed by atoms with van der Waals surface area (Å²) in [6, 6.07) is 19.9. The summed E-state index contributed by atoms with van der Waals surface area (Å²) in [5.41, 5.74) is 1.11. The van der Waals surface area contributed by atoms with Gasteiger partial charge in [0.05, 0.1) is 24.1 Å². The molecule has 0 bridgehead atoms. The zero-order valence-electron chi connectivity index (χ0n) is 26.5. The van der Waals surface area contributed by atoms with Gasteiger partial charge in [0.25, 0.3) is 5.91 Å². The summed E-state index contributed by atoms with van der Waals surface area (Å²) < 4.78 is 5.80. The minimum Gasteiger partial charge on any atom is -0.478 e. The van der Waals surface area contributed by atoms with Crippen LogP contribution in [0.2, 0.25) is 0 Å². The number of rotatable bonds is 16. The molecule has 0 radical (unpaired) electrons. The number of aliphatic hydroxyl groups excluding tert-OH is 2. The number of amides is 3. The first-order valence-corrected chi connectivity index (χ1v) is 15.2. The van der Waals surface area contributed by atoms with Gasteiger partial charge in [-0.3, -0.25) is 14.4 Å². The fourth-order valence-electron chi connectivity index (χ4n) is 4.77. The summed E-state index contributed by atoms with van der Waals surface area (Å²) in [4.78, 5) is 50.1. The smallest absolute Gasteiger partial charge is 0.335 e. The van der Waals surface area contributed by atoms with Crippen LogP contribution in [0.4, 0.5) is 0 Å². The van der Waals surface area contributed by atoms with Crippen molar-refractivity contribution in [1.29, 1.82) is 0 Å². The molecule has 4 atom stereocenters. The van der Waals surface area contributed by atoms with Crippen LogP contribution in [0.1, 0.15) is 68.1 Å². The molecule has 11 heteroatoms. The third-order valence-electron chi connectivity index (χ3n) is 7.25. The first-order chi connectivity index (χ1) is 21.8. The van der Waals surface area contributed by atoms with Gasteiger partial charge in [0.2, 0.25) is 11.8 Å². The highest BCUT2D eigenvalue weighted by Gasteiger charge is 2.30. The molecule has 3 amide bonds. The number of ether oxygens (including phenoxy) is 1. The molecular formula is C35H43N3O8. The van der Waals surface area contributed by atoms with Gasteiger partial charge in [-0.2, -0.15) is 0 Å². The predicted molar refractivity (Wildman–Crippen MR) is 172 cm³/mol. The van der Waals surface area contributed by atoms with Gasteiger partial charge in [-0.25, -0.2) is 4.79 Å². The summed E-state index contributed by atoms with van der Waals surface area (Å²) >= 11 is 0. The molecule has 0 aliphatic rings. The van der Waals surface area contributed by atoms with Crippen molar-refractivity contribution >= 4 is 23.7 Å². The van der Waals surface area contributed by atoms with Gasteiger partial charge in [0.15, 0.2) is 6.10 Å². The lowest BCUT2D eigenvalue weighted by molar-refractivity contribution is -0.133. The zero-order chi connectivity index (χ0) is 33.8. The molecule has 11 nitrogen and oxygen atoms in total. The van der Waals surface area contributed by atoms with Crippen LogP contribution in [0, 0.1) is 11.8 Å². The number of para-hydroxylation sites is 1. The van der Waals surface area contributed by atoms with Crippen LogP contribution in [0.3, 0.4) is 0 Å². The normalized spacial score (nSPS) is 13.7. The average Bonchev–Trinajstić information content (AvgIpc) is 3.02. The number of carboxylic acid groups (broad SMARTS) is 1. The van der Waals surface area contributed by atoms with E-state index in [0.29, 0.717) is 29.0 Å². The molecular weight excluding hydrogens is 590 g/mol. The Balaban J connectivity index is 1.60. The molecule has 0 heterocycles. The quantitative estimate of drug-likeness (QED) is 0.138. The number of aromatic carboxylic acids is 1. The van der Waals surface area contributed by atoms with Crippen LogP contribution in [-0.4, -0.2) is 57.2 Å². The molecule has 0 fully saturated rings. The van der Waals surface area contributed by atoms with Crippen molar-refractivity contribution in [3.63, 3.8) is 0 Å². The van der Waals surface area contributed by atoms with Crippen molar-refractivity contribution in [3.05, 3.63) is 95.6 Å². The van der Waals surface area contributed by atoms with Crippen LogP contribution < -0.4 is 20.7 Å². The number of nitrogens with one attached hydrogen (secondary N) is 3. The number of aliphatic hydroxyl groups is 2. The molecule has 0 aromatic heterocycles. The standard InChI is InChI=1S/C35H43N3O8/c1-21(2)17-28(37-34(43)32(41)25-9-8-12-27(18-25)46-26-10-6-5-7-11-26)29(39)19-30(40)38-31(22(3)4)33(42)36-20-23-13-15-24(16-14-23)35(44)45/h5-16,18,21-22,28-29,31-32,39,41H,17,19-20H2,1-4H3,(H,36,42)(H,37,43)(H,38,40)(H,44,45)/t28-,29+,31-,32?/m0/s1. The molecule has 0 saturated carbocycles. The second-order valence-corrected chi connectivity index (χ2v) is 11.9. The van der Waals surface area contributed by atoms with Crippen LogP contribution in [0.15, 0.2) is 78.9 Å². The molecule has 246 valence electrons. The molecule has 0 aliphatic carbocycles. The second-order valence-electron chi connectivity index (χ2n) is 11.9. The van der Waals surface area contributed by atoms with E-state index in [0.717, 1.165) is 0 Å². The number of hydrogen-bond donors (Lipinski definition) is 6.